The molecule has 1 aliphatic carbocycles. The fourth-order valence-corrected chi connectivity index (χ4v) is 4.57. The maximum absolute atomic E-state index is 13.1. The highest BCUT2D eigenvalue weighted by Gasteiger charge is 2.50. The number of nitrogens with one attached hydrogen (secondary N) is 2. The fourth-order valence-electron chi connectivity index (χ4n) is 4.57. The molecule has 1 aromatic rings. The topological polar surface area (TPSA) is 97.0 Å². The largest absolute Gasteiger partial charge is 0.486 e. The maximum atomic E-state index is 13.1. The van der Waals surface area contributed by atoms with Crippen LogP contribution >= 0.6 is 0 Å². The average Bonchev–Trinajstić information content (AvgIpc) is 2.95. The van der Waals surface area contributed by atoms with Crippen LogP contribution in [-0.4, -0.2) is 48.5 Å². The summed E-state index contributed by atoms with van der Waals surface area (Å²) in [5.41, 5.74) is -0.678. The van der Waals surface area contributed by atoms with Crippen LogP contribution in [0.1, 0.15) is 45.6 Å². The van der Waals surface area contributed by atoms with Crippen LogP contribution in [0, 0.1) is 11.8 Å². The number of benzene rings is 1. The zero-order valence-corrected chi connectivity index (χ0v) is 17.7. The van der Waals surface area contributed by atoms with Crippen molar-refractivity contribution < 1.29 is 23.9 Å². The van der Waals surface area contributed by atoms with Crippen LogP contribution in [0.5, 0.6) is 11.5 Å². The summed E-state index contributed by atoms with van der Waals surface area (Å²) in [6.45, 7) is 6.59. The van der Waals surface area contributed by atoms with Crippen LogP contribution in [0.4, 0.5) is 4.79 Å². The molecule has 8 nitrogen and oxygen atoms in total. The van der Waals surface area contributed by atoms with Crippen LogP contribution in [0.2, 0.25) is 0 Å². The van der Waals surface area contributed by atoms with Crippen molar-refractivity contribution in [1.29, 1.82) is 0 Å². The Balaban J connectivity index is 1.46. The van der Waals surface area contributed by atoms with Crippen molar-refractivity contribution in [2.45, 2.75) is 51.6 Å². The molecule has 1 saturated heterocycles. The van der Waals surface area contributed by atoms with Gasteiger partial charge in [0.1, 0.15) is 25.3 Å². The summed E-state index contributed by atoms with van der Waals surface area (Å²) in [4.78, 5) is 39.3. The first-order valence-corrected chi connectivity index (χ1v) is 10.6. The lowest BCUT2D eigenvalue weighted by atomic mass is 9.78. The van der Waals surface area contributed by atoms with Crippen molar-refractivity contribution in [2.75, 3.05) is 19.8 Å². The lowest BCUT2D eigenvalue weighted by Crippen LogP contribution is -2.49. The molecule has 162 valence electrons. The molecule has 0 spiro atoms. The first-order chi connectivity index (χ1) is 14.3. The Labute approximate surface area is 176 Å². The van der Waals surface area contributed by atoms with Gasteiger partial charge in [0.25, 0.3) is 5.91 Å². The van der Waals surface area contributed by atoms with Crippen LogP contribution in [0.3, 0.4) is 0 Å². The minimum absolute atomic E-state index is 0.0752. The standard InChI is InChI=1S/C22H29N3O5/c1-13-5-4-6-16(14(13)2)23-19(26)12-25-20(27)22(3,24-21(25)28)15-7-8-17-18(11-15)30-10-9-29-17/h7-8,11,13-14,16H,4-6,9-10,12H2,1-3H3,(H,23,26)(H,24,28)/t13-,14-,16-,22-/m1/s1. The molecule has 2 fully saturated rings. The number of hydrogen-bond donors (Lipinski definition) is 2. The van der Waals surface area contributed by atoms with Gasteiger partial charge in [-0.1, -0.05) is 32.8 Å². The predicted molar refractivity (Wildman–Crippen MR) is 109 cm³/mol. The number of urea groups is 1. The number of fused-ring (bicyclic) bond motifs is 1. The van der Waals surface area contributed by atoms with E-state index >= 15 is 0 Å². The molecular weight excluding hydrogens is 386 g/mol. The highest BCUT2D eigenvalue weighted by molar-refractivity contribution is 6.09. The van der Waals surface area contributed by atoms with E-state index in [1.54, 1.807) is 25.1 Å². The molecule has 4 rings (SSSR count). The number of ether oxygens (including phenoxy) is 2. The van der Waals surface area contributed by atoms with Gasteiger partial charge < -0.3 is 20.1 Å². The minimum Gasteiger partial charge on any atom is -0.486 e. The molecule has 0 unspecified atom stereocenters. The van der Waals surface area contributed by atoms with Gasteiger partial charge in [0.05, 0.1) is 0 Å². The van der Waals surface area contributed by atoms with E-state index < -0.39 is 17.5 Å². The van der Waals surface area contributed by atoms with Crippen LogP contribution < -0.4 is 20.1 Å². The van der Waals surface area contributed by atoms with Crippen molar-refractivity contribution in [3.8, 4) is 11.5 Å². The van der Waals surface area contributed by atoms with E-state index in [0.717, 1.165) is 24.2 Å². The highest BCUT2D eigenvalue weighted by Crippen LogP contribution is 2.37. The molecule has 0 bridgehead atoms. The lowest BCUT2D eigenvalue weighted by molar-refractivity contribution is -0.135. The molecule has 2 N–H and O–H groups in total. The smallest absolute Gasteiger partial charge is 0.325 e. The number of carbonyl (C=O) groups excluding carboxylic acids is 3. The number of nitrogens with zero attached hydrogens (tertiary/aromatic N) is 1. The van der Waals surface area contributed by atoms with E-state index in [0.29, 0.717) is 42.1 Å². The van der Waals surface area contributed by atoms with Gasteiger partial charge >= 0.3 is 6.03 Å². The van der Waals surface area contributed by atoms with Gasteiger partial charge in [-0.05, 0) is 42.9 Å². The fraction of sp³-hybridized carbons (Fsp3) is 0.591. The SMILES string of the molecule is C[C@@H]1[C@H](C)CCC[C@H]1NC(=O)CN1C(=O)N[C@](C)(c2ccc3c(c2)OCCO3)C1=O. The van der Waals surface area contributed by atoms with Gasteiger partial charge in [-0.3, -0.25) is 14.5 Å². The van der Waals surface area contributed by atoms with Gasteiger partial charge in [-0.25, -0.2) is 4.79 Å². The summed E-state index contributed by atoms with van der Waals surface area (Å²) >= 11 is 0. The zero-order chi connectivity index (χ0) is 21.5. The third-order valence-corrected chi connectivity index (χ3v) is 6.75. The van der Waals surface area contributed by atoms with Crippen molar-refractivity contribution in [3.05, 3.63) is 23.8 Å². The second-order valence-electron chi connectivity index (χ2n) is 8.75. The number of hydrogen-bond acceptors (Lipinski definition) is 5. The van der Waals surface area contributed by atoms with E-state index in [-0.39, 0.29) is 18.5 Å². The Hall–Kier alpha value is -2.77. The molecule has 2 heterocycles. The third-order valence-electron chi connectivity index (χ3n) is 6.75. The molecule has 0 radical (unpaired) electrons. The van der Waals surface area contributed by atoms with Gasteiger partial charge in [-0.15, -0.1) is 0 Å². The summed E-state index contributed by atoms with van der Waals surface area (Å²) in [6, 6.07) is 4.68. The highest BCUT2D eigenvalue weighted by atomic mass is 16.6. The predicted octanol–water partition coefficient (Wildman–Crippen LogP) is 2.17. The second-order valence-corrected chi connectivity index (χ2v) is 8.75. The van der Waals surface area contributed by atoms with Gasteiger partial charge in [0.2, 0.25) is 5.91 Å². The molecule has 2 aliphatic heterocycles. The molecule has 30 heavy (non-hydrogen) atoms. The van der Waals surface area contributed by atoms with Crippen molar-refractivity contribution in [3.63, 3.8) is 0 Å². The number of imide groups is 1. The average molecular weight is 415 g/mol. The second kappa shape index (κ2) is 7.81. The molecule has 0 aromatic heterocycles. The maximum Gasteiger partial charge on any atom is 0.325 e. The van der Waals surface area contributed by atoms with E-state index in [9.17, 15) is 14.4 Å². The summed E-state index contributed by atoms with van der Waals surface area (Å²) in [5.74, 6) is 1.30. The molecule has 1 saturated carbocycles. The van der Waals surface area contributed by atoms with Crippen molar-refractivity contribution in [1.82, 2.24) is 15.5 Å². The summed E-state index contributed by atoms with van der Waals surface area (Å²) in [7, 11) is 0. The van der Waals surface area contributed by atoms with E-state index in [4.69, 9.17) is 9.47 Å². The molecule has 4 amide bonds. The quantitative estimate of drug-likeness (QED) is 0.735. The minimum atomic E-state index is -1.26. The Kier molecular flexibility index (Phi) is 5.34. The number of rotatable bonds is 4. The monoisotopic (exact) mass is 415 g/mol. The normalized spacial score (nSPS) is 30.8. The molecular formula is C22H29N3O5. The Bertz CT molecular complexity index is 872. The van der Waals surface area contributed by atoms with E-state index in [1.807, 2.05) is 0 Å². The molecule has 3 aliphatic rings. The van der Waals surface area contributed by atoms with E-state index in [2.05, 4.69) is 24.5 Å². The number of amides is 4. The summed E-state index contributed by atoms with van der Waals surface area (Å²) in [5, 5.41) is 5.76. The first-order valence-electron chi connectivity index (χ1n) is 10.6. The third kappa shape index (κ3) is 3.59. The van der Waals surface area contributed by atoms with Crippen molar-refractivity contribution in [2.24, 2.45) is 11.8 Å². The van der Waals surface area contributed by atoms with Gasteiger partial charge in [0.15, 0.2) is 11.5 Å². The lowest BCUT2D eigenvalue weighted by Gasteiger charge is -2.34. The molecule has 1 aromatic carbocycles. The Morgan fingerprint density at radius 3 is 2.70 bits per heavy atom. The van der Waals surface area contributed by atoms with Crippen molar-refractivity contribution >= 4 is 17.8 Å². The van der Waals surface area contributed by atoms with Gasteiger partial charge in [-0.2, -0.15) is 0 Å². The van der Waals surface area contributed by atoms with Crippen LogP contribution in [0.25, 0.3) is 0 Å². The van der Waals surface area contributed by atoms with Crippen LogP contribution in [0.15, 0.2) is 18.2 Å². The zero-order valence-electron chi connectivity index (χ0n) is 17.7. The van der Waals surface area contributed by atoms with Gasteiger partial charge in [0, 0.05) is 6.04 Å². The molecule has 8 heteroatoms. The number of carbonyl (C=O) groups is 3. The first kappa shape index (κ1) is 20.5. The summed E-state index contributed by atoms with van der Waals surface area (Å²) < 4.78 is 11.1. The van der Waals surface area contributed by atoms with E-state index in [1.165, 1.54) is 0 Å². The Morgan fingerprint density at radius 1 is 1.20 bits per heavy atom. The Morgan fingerprint density at radius 2 is 1.93 bits per heavy atom. The summed E-state index contributed by atoms with van der Waals surface area (Å²) in [6.07, 6.45) is 3.16. The van der Waals surface area contributed by atoms with Crippen LogP contribution in [-0.2, 0) is 15.1 Å². The molecule has 4 atom stereocenters.